The fourth-order valence-corrected chi connectivity index (χ4v) is 4.38. The quantitative estimate of drug-likeness (QED) is 0.329. The number of terminal acetylenes is 1. The Morgan fingerprint density at radius 2 is 2.03 bits per heavy atom. The first-order chi connectivity index (χ1) is 18.5. The number of imide groups is 1. The molecule has 4 amide bonds. The van der Waals surface area contributed by atoms with Gasteiger partial charge < -0.3 is 21.7 Å². The highest BCUT2D eigenvalue weighted by Gasteiger charge is 2.35. The number of carbonyl (C=O) groups excluding carboxylic acids is 3. The maximum absolute atomic E-state index is 14.7. The molecule has 10 nitrogen and oxygen atoms in total. The maximum Gasteiger partial charge on any atom is 0.326 e. The summed E-state index contributed by atoms with van der Waals surface area (Å²) in [6.07, 6.45) is 7.20. The number of rotatable bonds is 6. The van der Waals surface area contributed by atoms with Crippen LogP contribution in [-0.2, 0) is 10.2 Å². The lowest BCUT2D eigenvalue weighted by molar-refractivity contribution is -0.118. The van der Waals surface area contributed by atoms with Crippen LogP contribution in [-0.4, -0.2) is 34.4 Å². The van der Waals surface area contributed by atoms with Crippen LogP contribution < -0.4 is 26.6 Å². The van der Waals surface area contributed by atoms with E-state index in [4.69, 9.17) is 23.8 Å². The Morgan fingerprint density at radius 3 is 2.74 bits per heavy atom. The van der Waals surface area contributed by atoms with Crippen molar-refractivity contribution >= 4 is 58.3 Å². The van der Waals surface area contributed by atoms with E-state index in [2.05, 4.69) is 31.8 Å². The van der Waals surface area contributed by atoms with Crippen molar-refractivity contribution in [3.05, 3.63) is 64.6 Å². The molecule has 0 bridgehead atoms. The number of primary amides is 1. The van der Waals surface area contributed by atoms with Crippen LogP contribution in [0.5, 0.6) is 0 Å². The minimum atomic E-state index is -0.877. The fourth-order valence-electron chi connectivity index (χ4n) is 4.24. The molecule has 12 heteroatoms. The molecular formula is C27H25ClFN7O3. The summed E-state index contributed by atoms with van der Waals surface area (Å²) in [5.74, 6) is 0.691. The zero-order valence-electron chi connectivity index (χ0n) is 21.1. The molecule has 39 heavy (non-hydrogen) atoms. The molecule has 2 aromatic carbocycles. The van der Waals surface area contributed by atoms with Crippen LogP contribution in [0, 0.1) is 18.2 Å². The second-order valence-corrected chi connectivity index (χ2v) is 9.78. The highest BCUT2D eigenvalue weighted by Crippen LogP contribution is 2.41. The van der Waals surface area contributed by atoms with Crippen LogP contribution in [0.2, 0.25) is 5.02 Å². The molecule has 0 spiro atoms. The van der Waals surface area contributed by atoms with Crippen LogP contribution in [0.25, 0.3) is 0 Å². The molecule has 0 saturated heterocycles. The molecule has 0 saturated carbocycles. The Hall–Kier alpha value is -4.69. The Kier molecular flexibility index (Phi) is 7.69. The molecule has 5 N–H and O–H groups in total. The molecule has 4 rings (SSSR count). The third-order valence-electron chi connectivity index (χ3n) is 6.25. The fraction of sp³-hybridized carbons (Fsp3) is 0.222. The summed E-state index contributed by atoms with van der Waals surface area (Å²) < 4.78 is 14.7. The number of para-hydroxylation sites is 1. The van der Waals surface area contributed by atoms with Crippen LogP contribution in [0.4, 0.5) is 38.0 Å². The first-order valence-corrected chi connectivity index (χ1v) is 12.2. The van der Waals surface area contributed by atoms with E-state index in [-0.39, 0.29) is 46.4 Å². The van der Waals surface area contributed by atoms with Gasteiger partial charge in [-0.1, -0.05) is 43.5 Å². The minimum Gasteiger partial charge on any atom is -0.351 e. The molecule has 200 valence electrons. The molecule has 0 unspecified atom stereocenters. The van der Waals surface area contributed by atoms with Gasteiger partial charge in [-0.05, 0) is 41.7 Å². The lowest BCUT2D eigenvalue weighted by Gasteiger charge is -2.26. The zero-order chi connectivity index (χ0) is 28.3. The maximum atomic E-state index is 14.7. The van der Waals surface area contributed by atoms with Crippen molar-refractivity contribution in [2.75, 3.05) is 22.1 Å². The van der Waals surface area contributed by atoms with Gasteiger partial charge in [-0.15, -0.1) is 6.42 Å². The average Bonchev–Trinajstić information content (AvgIpc) is 2.98. The van der Waals surface area contributed by atoms with Gasteiger partial charge in [0.05, 0.1) is 29.7 Å². The van der Waals surface area contributed by atoms with E-state index in [9.17, 15) is 18.8 Å². The van der Waals surface area contributed by atoms with Crippen molar-refractivity contribution in [2.24, 2.45) is 5.73 Å². The van der Waals surface area contributed by atoms with E-state index in [0.717, 1.165) is 10.5 Å². The van der Waals surface area contributed by atoms with Crippen LogP contribution >= 0.6 is 11.6 Å². The lowest BCUT2D eigenvalue weighted by Crippen LogP contribution is -2.40. The molecule has 0 aliphatic carbocycles. The standard InChI is InChI=1S/C27H25ClFN7O3/c1-4-12-31-24(38)16-6-5-7-19(29)22(16)34-23-18(28)14-32-26(35-23)33-15-8-9-17-20(13-15)36(25(30)39)21(37)10-11-27(17,2)3/h1,5-9,13-14H,10-12H2,2-3H3,(H2,30,39)(H,31,38)(H2,32,33,34,35). The first-order valence-electron chi connectivity index (χ1n) is 11.9. The minimum absolute atomic E-state index is 0.000912. The molecule has 3 aromatic rings. The number of carbonyl (C=O) groups is 3. The number of fused-ring (bicyclic) bond motifs is 1. The largest absolute Gasteiger partial charge is 0.351 e. The normalized spacial score (nSPS) is 14.0. The van der Waals surface area contributed by atoms with Gasteiger partial charge in [0, 0.05) is 12.1 Å². The smallest absolute Gasteiger partial charge is 0.326 e. The zero-order valence-corrected chi connectivity index (χ0v) is 21.9. The van der Waals surface area contributed by atoms with Crippen molar-refractivity contribution in [1.82, 2.24) is 15.3 Å². The number of benzene rings is 2. The summed E-state index contributed by atoms with van der Waals surface area (Å²) in [7, 11) is 0. The molecule has 0 atom stereocenters. The SMILES string of the molecule is C#CCNC(=O)c1cccc(F)c1Nc1nc(Nc2ccc3c(c2)N(C(N)=O)C(=O)CCC3(C)C)ncc1Cl. The molecule has 1 aromatic heterocycles. The molecule has 1 aliphatic rings. The second-order valence-electron chi connectivity index (χ2n) is 9.37. The van der Waals surface area contributed by atoms with Crippen LogP contribution in [0.15, 0.2) is 42.6 Å². The number of anilines is 5. The van der Waals surface area contributed by atoms with E-state index in [1.165, 1.54) is 24.4 Å². The number of urea groups is 1. The Morgan fingerprint density at radius 1 is 1.26 bits per heavy atom. The molecule has 1 aliphatic heterocycles. The van der Waals surface area contributed by atoms with Crippen molar-refractivity contribution in [3.8, 4) is 12.3 Å². The number of amides is 4. The predicted molar refractivity (Wildman–Crippen MR) is 147 cm³/mol. The average molecular weight is 550 g/mol. The van der Waals surface area contributed by atoms with Gasteiger partial charge in [0.2, 0.25) is 11.9 Å². The summed E-state index contributed by atoms with van der Waals surface area (Å²) >= 11 is 6.27. The number of aromatic nitrogens is 2. The predicted octanol–water partition coefficient (Wildman–Crippen LogP) is 4.60. The summed E-state index contributed by atoms with van der Waals surface area (Å²) in [5, 5.41) is 8.32. The molecule has 0 radical (unpaired) electrons. The van der Waals surface area contributed by atoms with Crippen molar-refractivity contribution < 1.29 is 18.8 Å². The molecule has 2 heterocycles. The lowest BCUT2D eigenvalue weighted by atomic mass is 9.80. The number of hydrogen-bond acceptors (Lipinski definition) is 7. The highest BCUT2D eigenvalue weighted by molar-refractivity contribution is 6.33. The first kappa shape index (κ1) is 27.3. The van der Waals surface area contributed by atoms with Gasteiger partial charge in [-0.3, -0.25) is 9.59 Å². The summed E-state index contributed by atoms with van der Waals surface area (Å²) in [4.78, 5) is 46.8. The summed E-state index contributed by atoms with van der Waals surface area (Å²) in [5.41, 5.74) is 6.61. The topological polar surface area (TPSA) is 142 Å². The van der Waals surface area contributed by atoms with Gasteiger partial charge in [0.15, 0.2) is 5.82 Å². The van der Waals surface area contributed by atoms with Gasteiger partial charge in [0.1, 0.15) is 10.8 Å². The third kappa shape index (κ3) is 5.76. The number of nitrogens with one attached hydrogen (secondary N) is 3. The van der Waals surface area contributed by atoms with Crippen LogP contribution in [0.1, 0.15) is 42.6 Å². The highest BCUT2D eigenvalue weighted by atomic mass is 35.5. The van der Waals surface area contributed by atoms with E-state index >= 15 is 0 Å². The van der Waals surface area contributed by atoms with Gasteiger partial charge in [-0.2, -0.15) is 4.98 Å². The number of nitrogens with two attached hydrogens (primary N) is 1. The van der Waals surface area contributed by atoms with E-state index in [1.54, 1.807) is 12.1 Å². The third-order valence-corrected chi connectivity index (χ3v) is 6.53. The Labute approximate surface area is 229 Å². The van der Waals surface area contributed by atoms with Gasteiger partial charge >= 0.3 is 6.03 Å². The summed E-state index contributed by atoms with van der Waals surface area (Å²) in [6, 6.07) is 8.29. The van der Waals surface area contributed by atoms with Crippen molar-refractivity contribution in [2.45, 2.75) is 32.1 Å². The molecule has 0 fully saturated rings. The summed E-state index contributed by atoms with van der Waals surface area (Å²) in [6.45, 7) is 3.94. The number of nitrogens with zero attached hydrogens (tertiary/aromatic N) is 3. The van der Waals surface area contributed by atoms with Crippen molar-refractivity contribution in [1.29, 1.82) is 0 Å². The van der Waals surface area contributed by atoms with Crippen LogP contribution in [0.3, 0.4) is 0 Å². The molecular weight excluding hydrogens is 525 g/mol. The number of halogens is 2. The van der Waals surface area contributed by atoms with E-state index in [1.807, 2.05) is 19.9 Å². The van der Waals surface area contributed by atoms with E-state index in [0.29, 0.717) is 17.8 Å². The Balaban J connectivity index is 1.67. The van der Waals surface area contributed by atoms with Gasteiger partial charge in [-0.25, -0.2) is 19.1 Å². The Bertz CT molecular complexity index is 1520. The second kappa shape index (κ2) is 11.0. The van der Waals surface area contributed by atoms with Crippen molar-refractivity contribution in [3.63, 3.8) is 0 Å². The van der Waals surface area contributed by atoms with E-state index < -0.39 is 23.7 Å². The number of hydrogen-bond donors (Lipinski definition) is 4. The monoisotopic (exact) mass is 549 g/mol. The van der Waals surface area contributed by atoms with Gasteiger partial charge in [0.25, 0.3) is 5.91 Å².